The van der Waals surface area contributed by atoms with E-state index in [1.807, 2.05) is 25.1 Å². The summed E-state index contributed by atoms with van der Waals surface area (Å²) in [6, 6.07) is 11.9. The standard InChI is InChI=1S/C25H26ClN5O3/c1-16-9-11-27-14-20(16)24(32)31-12-10-23(21(15-31)22-8-7-19(34-2)13-28-22)30-25(33)29-18-5-3-17(26)4-6-18/h3-9,11,13-14,21,23H,10,12,15H2,1-2H3,(H2,29,30,33). The molecule has 0 radical (unpaired) electrons. The largest absolute Gasteiger partial charge is 0.495 e. The zero-order valence-corrected chi connectivity index (χ0v) is 19.7. The summed E-state index contributed by atoms with van der Waals surface area (Å²) in [7, 11) is 1.58. The number of likely N-dealkylation sites (tertiary alicyclic amines) is 1. The monoisotopic (exact) mass is 479 g/mol. The maximum absolute atomic E-state index is 13.2. The van der Waals surface area contributed by atoms with Crippen molar-refractivity contribution >= 4 is 29.2 Å². The molecule has 2 aromatic heterocycles. The third kappa shape index (κ3) is 5.46. The number of benzene rings is 1. The van der Waals surface area contributed by atoms with E-state index in [-0.39, 0.29) is 23.9 Å². The molecule has 8 nitrogen and oxygen atoms in total. The number of hydrogen-bond acceptors (Lipinski definition) is 5. The molecule has 0 saturated carbocycles. The number of carbonyl (C=O) groups is 2. The lowest BCUT2D eigenvalue weighted by molar-refractivity contribution is 0.0683. The molecule has 1 aliphatic rings. The molecule has 1 aromatic carbocycles. The quantitative estimate of drug-likeness (QED) is 0.569. The van der Waals surface area contributed by atoms with Crippen LogP contribution >= 0.6 is 11.6 Å². The molecule has 3 heterocycles. The van der Waals surface area contributed by atoms with E-state index >= 15 is 0 Å². The molecule has 2 N–H and O–H groups in total. The van der Waals surface area contributed by atoms with Gasteiger partial charge in [-0.15, -0.1) is 0 Å². The molecular weight excluding hydrogens is 454 g/mol. The van der Waals surface area contributed by atoms with Gasteiger partial charge < -0.3 is 20.3 Å². The van der Waals surface area contributed by atoms with Crippen molar-refractivity contribution in [1.82, 2.24) is 20.2 Å². The molecule has 176 valence electrons. The van der Waals surface area contributed by atoms with Crippen LogP contribution in [0.3, 0.4) is 0 Å². The average molecular weight is 480 g/mol. The van der Waals surface area contributed by atoms with Gasteiger partial charge in [0.25, 0.3) is 5.91 Å². The molecule has 3 amide bonds. The first kappa shape index (κ1) is 23.5. The van der Waals surface area contributed by atoms with Crippen molar-refractivity contribution in [3.05, 3.63) is 82.9 Å². The summed E-state index contributed by atoms with van der Waals surface area (Å²) in [6.45, 7) is 2.82. The molecule has 1 aliphatic heterocycles. The molecule has 0 spiro atoms. The maximum Gasteiger partial charge on any atom is 0.319 e. The molecule has 9 heteroatoms. The Balaban J connectivity index is 1.53. The number of amides is 3. The van der Waals surface area contributed by atoms with Gasteiger partial charge in [0.05, 0.1) is 18.9 Å². The minimum Gasteiger partial charge on any atom is -0.495 e. The zero-order valence-electron chi connectivity index (χ0n) is 19.0. The number of nitrogens with one attached hydrogen (secondary N) is 2. The van der Waals surface area contributed by atoms with Gasteiger partial charge in [-0.2, -0.15) is 0 Å². The van der Waals surface area contributed by atoms with Crippen LogP contribution < -0.4 is 15.4 Å². The Morgan fingerprint density at radius 2 is 1.91 bits per heavy atom. The second-order valence-corrected chi connectivity index (χ2v) is 8.61. The number of methoxy groups -OCH3 is 1. The number of halogens is 1. The Bertz CT molecular complexity index is 1150. The summed E-state index contributed by atoms with van der Waals surface area (Å²) < 4.78 is 5.23. The van der Waals surface area contributed by atoms with E-state index in [1.165, 1.54) is 0 Å². The predicted molar refractivity (Wildman–Crippen MR) is 130 cm³/mol. The van der Waals surface area contributed by atoms with E-state index < -0.39 is 0 Å². The Morgan fingerprint density at radius 3 is 2.59 bits per heavy atom. The van der Waals surface area contributed by atoms with E-state index in [1.54, 1.807) is 54.9 Å². The molecule has 34 heavy (non-hydrogen) atoms. The molecule has 0 aliphatic carbocycles. The van der Waals surface area contributed by atoms with Gasteiger partial charge in [0.2, 0.25) is 0 Å². The summed E-state index contributed by atoms with van der Waals surface area (Å²) in [5.41, 5.74) is 2.87. The Kier molecular flexibility index (Phi) is 7.27. The molecule has 3 aromatic rings. The van der Waals surface area contributed by atoms with Gasteiger partial charge in [0.1, 0.15) is 5.75 Å². The average Bonchev–Trinajstić information content (AvgIpc) is 2.85. The third-order valence-corrected chi connectivity index (χ3v) is 6.21. The van der Waals surface area contributed by atoms with Crippen LogP contribution in [0, 0.1) is 6.92 Å². The first-order chi connectivity index (χ1) is 16.4. The van der Waals surface area contributed by atoms with Crippen LogP contribution in [0.1, 0.15) is 34.0 Å². The van der Waals surface area contributed by atoms with E-state index in [9.17, 15) is 9.59 Å². The fraction of sp³-hybridized carbons (Fsp3) is 0.280. The van der Waals surface area contributed by atoms with E-state index in [0.717, 1.165) is 11.3 Å². The van der Waals surface area contributed by atoms with Crippen LogP contribution in [0.4, 0.5) is 10.5 Å². The topological polar surface area (TPSA) is 96.5 Å². The Hall–Kier alpha value is -3.65. The van der Waals surface area contributed by atoms with Crippen molar-refractivity contribution in [2.45, 2.75) is 25.3 Å². The van der Waals surface area contributed by atoms with Crippen molar-refractivity contribution in [2.75, 3.05) is 25.5 Å². The number of hydrogen-bond donors (Lipinski definition) is 2. The molecule has 2 atom stereocenters. The number of urea groups is 1. The Labute approximate surface area is 203 Å². The number of carbonyl (C=O) groups excluding carboxylic acids is 2. The van der Waals surface area contributed by atoms with Gasteiger partial charge in [-0.3, -0.25) is 14.8 Å². The first-order valence-electron chi connectivity index (χ1n) is 11.0. The lowest BCUT2D eigenvalue weighted by Crippen LogP contribution is -2.52. The van der Waals surface area contributed by atoms with Crippen molar-refractivity contribution in [3.63, 3.8) is 0 Å². The lowest BCUT2D eigenvalue weighted by Gasteiger charge is -2.38. The normalized spacial score (nSPS) is 17.7. The van der Waals surface area contributed by atoms with E-state index in [4.69, 9.17) is 16.3 Å². The van der Waals surface area contributed by atoms with Crippen LogP contribution in [0.25, 0.3) is 0 Å². The van der Waals surface area contributed by atoms with Gasteiger partial charge in [-0.25, -0.2) is 4.79 Å². The van der Waals surface area contributed by atoms with Gasteiger partial charge in [-0.05, 0) is 61.4 Å². The summed E-state index contributed by atoms with van der Waals surface area (Å²) in [4.78, 5) is 36.4. The summed E-state index contributed by atoms with van der Waals surface area (Å²) in [6.07, 6.45) is 5.50. The van der Waals surface area contributed by atoms with Gasteiger partial charge in [0.15, 0.2) is 0 Å². The molecular formula is C25H26ClN5O3. The van der Waals surface area contributed by atoms with Gasteiger partial charge in [0, 0.05) is 53.8 Å². The highest BCUT2D eigenvalue weighted by atomic mass is 35.5. The summed E-state index contributed by atoms with van der Waals surface area (Å²) in [5, 5.41) is 6.50. The number of anilines is 1. The number of nitrogens with zero attached hydrogens (tertiary/aromatic N) is 3. The molecule has 0 bridgehead atoms. The van der Waals surface area contributed by atoms with Crippen molar-refractivity contribution in [1.29, 1.82) is 0 Å². The number of pyridine rings is 2. The summed E-state index contributed by atoms with van der Waals surface area (Å²) in [5.74, 6) is 0.369. The van der Waals surface area contributed by atoms with Gasteiger partial charge in [-0.1, -0.05) is 11.6 Å². The minimum atomic E-state index is -0.325. The first-order valence-corrected chi connectivity index (χ1v) is 11.4. The van der Waals surface area contributed by atoms with E-state index in [2.05, 4.69) is 20.6 Å². The SMILES string of the molecule is COc1ccc(C2CN(C(=O)c3cnccc3C)CCC2NC(=O)Nc2ccc(Cl)cc2)nc1. The van der Waals surface area contributed by atoms with Crippen molar-refractivity contribution in [2.24, 2.45) is 0 Å². The fourth-order valence-corrected chi connectivity index (χ4v) is 4.19. The number of aromatic nitrogens is 2. The number of rotatable bonds is 5. The number of piperidine rings is 1. The van der Waals surface area contributed by atoms with Crippen LogP contribution in [-0.2, 0) is 0 Å². The number of ether oxygens (including phenoxy) is 1. The van der Waals surface area contributed by atoms with Crippen LogP contribution in [0.2, 0.25) is 5.02 Å². The zero-order chi connectivity index (χ0) is 24.1. The van der Waals surface area contributed by atoms with Crippen molar-refractivity contribution < 1.29 is 14.3 Å². The highest BCUT2D eigenvalue weighted by Gasteiger charge is 2.35. The van der Waals surface area contributed by atoms with Crippen molar-refractivity contribution in [3.8, 4) is 5.75 Å². The smallest absolute Gasteiger partial charge is 0.319 e. The predicted octanol–water partition coefficient (Wildman–Crippen LogP) is 4.27. The van der Waals surface area contributed by atoms with Crippen LogP contribution in [0.5, 0.6) is 5.75 Å². The second-order valence-electron chi connectivity index (χ2n) is 8.17. The van der Waals surface area contributed by atoms with Gasteiger partial charge >= 0.3 is 6.03 Å². The highest BCUT2D eigenvalue weighted by molar-refractivity contribution is 6.30. The lowest BCUT2D eigenvalue weighted by atomic mass is 9.88. The molecule has 4 rings (SSSR count). The van der Waals surface area contributed by atoms with Crippen LogP contribution in [-0.4, -0.2) is 53.0 Å². The van der Waals surface area contributed by atoms with E-state index in [0.29, 0.717) is 41.5 Å². The maximum atomic E-state index is 13.2. The third-order valence-electron chi connectivity index (χ3n) is 5.96. The molecule has 2 unspecified atom stereocenters. The van der Waals surface area contributed by atoms with Crippen LogP contribution in [0.15, 0.2) is 61.1 Å². The molecule has 1 fully saturated rings. The molecule has 1 saturated heterocycles. The Morgan fingerprint density at radius 1 is 1.12 bits per heavy atom. The number of aryl methyl sites for hydroxylation is 1. The fourth-order valence-electron chi connectivity index (χ4n) is 4.07. The summed E-state index contributed by atoms with van der Waals surface area (Å²) >= 11 is 5.93. The minimum absolute atomic E-state index is 0.0758. The highest BCUT2D eigenvalue weighted by Crippen LogP contribution is 2.29. The second kappa shape index (κ2) is 10.5.